The van der Waals surface area contributed by atoms with Gasteiger partial charge in [0.25, 0.3) is 5.56 Å². The maximum Gasteiger partial charge on any atom is 0.255 e. The van der Waals surface area contributed by atoms with Gasteiger partial charge >= 0.3 is 0 Å². The maximum atomic E-state index is 13.7. The molecule has 9 aromatic rings. The number of ether oxygens (including phenoxy) is 1. The lowest BCUT2D eigenvalue weighted by molar-refractivity contribution is 0.0429. The Bertz CT molecular complexity index is 6180. The molecule has 13 aliphatic heterocycles. The third-order valence-electron chi connectivity index (χ3n) is 33.1. The largest absolute Gasteiger partial charge is 0.485 e. The lowest BCUT2D eigenvalue weighted by Crippen LogP contribution is -2.51. The van der Waals surface area contributed by atoms with Crippen molar-refractivity contribution in [1.82, 2.24) is 59.1 Å². The molecule has 0 bridgehead atoms. The van der Waals surface area contributed by atoms with Gasteiger partial charge in [-0.2, -0.15) is 0 Å². The van der Waals surface area contributed by atoms with E-state index in [1.165, 1.54) is 115 Å². The van der Waals surface area contributed by atoms with Gasteiger partial charge in [0.1, 0.15) is 57.4 Å². The Balaban J connectivity index is 0.000000100. The summed E-state index contributed by atoms with van der Waals surface area (Å²) in [5, 5.41) is 0. The van der Waals surface area contributed by atoms with Crippen LogP contribution in [0.3, 0.4) is 0 Å². The van der Waals surface area contributed by atoms with Gasteiger partial charge in [0.05, 0.1) is 83.5 Å². The SMILES string of the molecule is Cc1nc2c(nc1N1CCC3(CC1)Cc1ccccc1[C@H]3N)CN=C2N1CCCC1.Cc1nc2c(nc1N1CCC3(CC1)Cc1ccccc1[C@H]3N)CN=C2N1CCCc2c1ccn(C)c2=O.Cc1nc2c(nc1N1CCC3(CC1)Oc1cc(F)ccc1[C@H]3N)CN=C2N1CCCCC1.N[C@@H]1c2ccccc2CC12CCN(c1nc3c(nc1C1CC1)C(N1CCCCC1)=NC3)CC2. The number of aliphatic imine (C=N–C) groups is 4. The van der Waals surface area contributed by atoms with E-state index in [0.717, 1.165) is 308 Å². The monoisotopic (exact) mass is 1780 g/mol. The van der Waals surface area contributed by atoms with Crippen LogP contribution in [-0.4, -0.2) is 186 Å². The summed E-state index contributed by atoms with van der Waals surface area (Å²) in [4.78, 5) is 91.8. The summed E-state index contributed by atoms with van der Waals surface area (Å²) >= 11 is 0. The molecule has 686 valence electrons. The van der Waals surface area contributed by atoms with Crippen LogP contribution in [0.15, 0.2) is 128 Å². The van der Waals surface area contributed by atoms with Crippen LogP contribution < -0.4 is 57.7 Å². The van der Waals surface area contributed by atoms with Gasteiger partial charge in [0.2, 0.25) is 0 Å². The van der Waals surface area contributed by atoms with Crippen molar-refractivity contribution in [2.45, 2.75) is 230 Å². The summed E-state index contributed by atoms with van der Waals surface area (Å²) in [5.41, 5.74) is 50.2. The number of halogens is 1. The highest BCUT2D eigenvalue weighted by Gasteiger charge is 2.53. The molecule has 5 aromatic heterocycles. The summed E-state index contributed by atoms with van der Waals surface area (Å²) in [6, 6.07) is 33.1. The second-order valence-corrected chi connectivity index (χ2v) is 40.9. The third kappa shape index (κ3) is 15.0. The molecule has 27 nitrogen and oxygen atoms in total. The van der Waals surface area contributed by atoms with Gasteiger partial charge in [-0.3, -0.25) is 24.8 Å². The summed E-state index contributed by atoms with van der Waals surface area (Å²) in [5.74, 6) is 9.02. The van der Waals surface area contributed by atoms with Crippen LogP contribution in [0.5, 0.6) is 5.75 Å². The Morgan fingerprint density at radius 1 is 0.386 bits per heavy atom. The van der Waals surface area contributed by atoms with Crippen molar-refractivity contribution in [3.05, 3.63) is 232 Å². The Morgan fingerprint density at radius 3 is 1.19 bits per heavy atom. The average molecular weight is 1780 g/mol. The quantitative estimate of drug-likeness (QED) is 0.124. The van der Waals surface area contributed by atoms with Crippen LogP contribution in [0.4, 0.5) is 33.3 Å². The highest BCUT2D eigenvalue weighted by atomic mass is 19.1. The van der Waals surface area contributed by atoms with Crippen molar-refractivity contribution in [3.8, 4) is 5.75 Å². The topological polar surface area (TPSA) is 314 Å². The summed E-state index contributed by atoms with van der Waals surface area (Å²) in [6.07, 6.45) is 27.6. The molecule has 4 atom stereocenters. The fourth-order valence-corrected chi connectivity index (χ4v) is 25.3. The van der Waals surface area contributed by atoms with Crippen LogP contribution in [-0.2, 0) is 58.9 Å². The van der Waals surface area contributed by atoms with E-state index in [1.54, 1.807) is 10.6 Å². The Hall–Kier alpha value is -11.2. The zero-order valence-electron chi connectivity index (χ0n) is 77.3. The highest BCUT2D eigenvalue weighted by molar-refractivity contribution is 6.11. The molecular formula is C104H126FN25O2. The second kappa shape index (κ2) is 34.1. The number of anilines is 5. The molecule has 8 fully saturated rings. The molecule has 1 saturated carbocycles. The third-order valence-corrected chi connectivity index (χ3v) is 33.1. The number of piperidine rings is 6. The summed E-state index contributed by atoms with van der Waals surface area (Å²) < 4.78 is 21.6. The lowest BCUT2D eigenvalue weighted by Gasteiger charge is -2.43. The second-order valence-electron chi connectivity index (χ2n) is 40.9. The number of pyridine rings is 1. The minimum atomic E-state index is -0.477. The zero-order chi connectivity index (χ0) is 89.5. The number of fused-ring (bicyclic) bond motifs is 9. The number of benzene rings is 4. The van der Waals surface area contributed by atoms with Crippen LogP contribution in [0.2, 0.25) is 0 Å². The van der Waals surface area contributed by atoms with Crippen molar-refractivity contribution in [3.63, 3.8) is 0 Å². The number of rotatable bonds is 5. The molecule has 8 N–H and O–H groups in total. The Morgan fingerprint density at radius 2 is 0.765 bits per heavy atom. The number of likely N-dealkylation sites (tertiary alicyclic amines) is 3. The molecule has 26 rings (SSSR count). The van der Waals surface area contributed by atoms with Gasteiger partial charge < -0.3 is 71.4 Å². The Labute approximate surface area is 773 Å². The smallest absolute Gasteiger partial charge is 0.255 e. The molecule has 18 heterocycles. The number of nitrogens with two attached hydrogens (primary N) is 4. The maximum absolute atomic E-state index is 13.7. The first kappa shape index (κ1) is 85.0. The van der Waals surface area contributed by atoms with Crippen molar-refractivity contribution >= 4 is 52.3 Å². The molecule has 4 spiro atoms. The molecule has 4 aliphatic carbocycles. The first-order valence-corrected chi connectivity index (χ1v) is 49.5. The van der Waals surface area contributed by atoms with E-state index in [1.807, 2.05) is 26.2 Å². The average Bonchev–Trinajstić information content (AvgIpc) is 1.58. The fourth-order valence-electron chi connectivity index (χ4n) is 25.3. The number of aromatic nitrogens is 9. The van der Waals surface area contributed by atoms with Crippen molar-refractivity contribution in [2.24, 2.45) is 66.2 Å². The van der Waals surface area contributed by atoms with E-state index >= 15 is 0 Å². The van der Waals surface area contributed by atoms with E-state index < -0.39 is 5.60 Å². The van der Waals surface area contributed by atoms with E-state index in [-0.39, 0.29) is 51.8 Å². The molecule has 7 saturated heterocycles. The molecule has 0 amide bonds. The van der Waals surface area contributed by atoms with E-state index in [2.05, 4.69) is 126 Å². The number of aryl methyl sites for hydroxylation is 4. The van der Waals surface area contributed by atoms with Crippen LogP contribution in [0.25, 0.3) is 0 Å². The molecule has 132 heavy (non-hydrogen) atoms. The number of hydrogen-bond donors (Lipinski definition) is 4. The standard InChI is InChI=1S/C29H33N7O.C27H34N6.C24H29FN6O.C24H30N6/c1-18-26(35-14-10-29(11-15-35)16-19-6-3-4-7-20(19)25(29)30)33-22-17-31-27(24(22)32-18)36-12-5-8-21-23(36)9-13-34(2)28(21)37;28-24-20-7-3-2-6-19(20)16-27(24)10-14-33(15-11-27)26-22(18-8-9-18)31-23-21(30-26)17-29-25(23)32-12-4-1-5-13-32;1-15-22(29-18-14-27-23(20(18)28-15)30-9-3-2-4-10-30)31-11-7-24(8-12-31)21(26)17-6-5-16(25)13-19(17)32-24;1-16-22(28-19-15-26-23(20(19)27-16)29-10-4-5-11-29)30-12-8-24(9-13-30)14-17-6-2-3-7-18(17)21(24)25/h3-4,6-7,9,13,25H,5,8,10-12,14-17,30H2,1-2H3;2-3,6-7,18,24H,1,4-5,8-17,28H2;5-6,13,21H,2-4,7-12,14,26H2,1H3;2-3,6-7,21H,4-5,8-15,25H2,1H3/t25-;24-;2*21-/m1111/s1. The normalized spacial score (nSPS) is 23.8. The molecule has 0 unspecified atom stereocenters. The van der Waals surface area contributed by atoms with Gasteiger partial charge in [-0.25, -0.2) is 44.3 Å². The number of amidine groups is 4. The highest BCUT2D eigenvalue weighted by Crippen LogP contribution is 2.56. The number of hydrogen-bond acceptors (Lipinski definition) is 26. The predicted octanol–water partition coefficient (Wildman–Crippen LogP) is 13.1. The molecule has 4 aromatic carbocycles. The van der Waals surface area contributed by atoms with Crippen LogP contribution >= 0.6 is 0 Å². The van der Waals surface area contributed by atoms with E-state index in [9.17, 15) is 9.18 Å². The van der Waals surface area contributed by atoms with Gasteiger partial charge in [0, 0.05) is 165 Å². The van der Waals surface area contributed by atoms with Gasteiger partial charge in [-0.15, -0.1) is 0 Å². The zero-order valence-corrected chi connectivity index (χ0v) is 77.3. The van der Waals surface area contributed by atoms with Gasteiger partial charge in [-0.1, -0.05) is 78.9 Å². The van der Waals surface area contributed by atoms with Gasteiger partial charge in [0.15, 0.2) is 29.2 Å². The molecule has 0 radical (unpaired) electrons. The van der Waals surface area contributed by atoms with Crippen molar-refractivity contribution in [2.75, 3.05) is 123 Å². The van der Waals surface area contributed by atoms with Crippen LogP contribution in [0, 0.1) is 42.8 Å². The van der Waals surface area contributed by atoms with E-state index in [0.29, 0.717) is 37.8 Å². The Kier molecular flexibility index (Phi) is 21.9. The predicted molar refractivity (Wildman–Crippen MR) is 515 cm³/mol. The number of nitrogens with zero attached hydrogens (tertiary/aromatic N) is 21. The summed E-state index contributed by atoms with van der Waals surface area (Å²) in [6.45, 7) is 23.5. The van der Waals surface area contributed by atoms with E-state index in [4.69, 9.17) is 87.5 Å². The molecule has 28 heteroatoms. The minimum absolute atomic E-state index is 0.0755. The molecular weight excluding hydrogens is 1650 g/mol. The minimum Gasteiger partial charge on any atom is -0.485 e. The van der Waals surface area contributed by atoms with Crippen molar-refractivity contribution < 1.29 is 9.13 Å². The first-order chi connectivity index (χ1) is 64.3. The fraction of sp³-hybridized carbons (Fsp3) is 0.529. The van der Waals surface area contributed by atoms with Crippen LogP contribution in [0.1, 0.15) is 265 Å². The summed E-state index contributed by atoms with van der Waals surface area (Å²) in [7, 11) is 1.81. The van der Waals surface area contributed by atoms with Gasteiger partial charge in [-0.05, 0) is 217 Å². The lowest BCUT2D eigenvalue weighted by atomic mass is 9.73. The molecule has 17 aliphatic rings. The first-order valence-electron chi connectivity index (χ1n) is 49.5. The van der Waals surface area contributed by atoms with Crippen molar-refractivity contribution in [1.29, 1.82) is 0 Å².